The lowest BCUT2D eigenvalue weighted by atomic mass is 9.70. The molecule has 134 valence electrons. The van der Waals surface area contributed by atoms with Crippen molar-refractivity contribution in [2.45, 2.75) is 24.7 Å². The number of ether oxygens (including phenoxy) is 1. The maximum absolute atomic E-state index is 14.4. The Labute approximate surface area is 154 Å². The van der Waals surface area contributed by atoms with E-state index in [2.05, 4.69) is 19.9 Å². The molecule has 27 heavy (non-hydrogen) atoms. The van der Waals surface area contributed by atoms with Gasteiger partial charge in [-0.2, -0.15) is 10.2 Å². The molecular formula is C19H15FN6O. The average Bonchev–Trinajstić information content (AvgIpc) is 2.64. The molecule has 4 rings (SSSR count). The van der Waals surface area contributed by atoms with E-state index in [0.717, 1.165) is 24.1 Å². The molecule has 0 unspecified atom stereocenters. The monoisotopic (exact) mass is 362 g/mol. The van der Waals surface area contributed by atoms with Crippen LogP contribution < -0.4 is 10.5 Å². The van der Waals surface area contributed by atoms with E-state index in [1.807, 2.05) is 12.1 Å². The van der Waals surface area contributed by atoms with E-state index in [4.69, 9.17) is 15.7 Å². The quantitative estimate of drug-likeness (QED) is 0.758. The van der Waals surface area contributed by atoms with Gasteiger partial charge in [0, 0.05) is 18.2 Å². The Bertz CT molecular complexity index is 1010. The van der Waals surface area contributed by atoms with Gasteiger partial charge in [0.2, 0.25) is 11.7 Å². The molecule has 2 aromatic heterocycles. The van der Waals surface area contributed by atoms with Crippen LogP contribution in [0.1, 0.15) is 41.8 Å². The van der Waals surface area contributed by atoms with E-state index in [1.165, 1.54) is 18.3 Å². The number of aromatic nitrogens is 4. The van der Waals surface area contributed by atoms with Crippen LogP contribution in [-0.4, -0.2) is 19.9 Å². The second kappa shape index (κ2) is 6.96. The molecule has 0 amide bonds. The Kier molecular flexibility index (Phi) is 4.34. The molecule has 0 radical (unpaired) electrons. The summed E-state index contributed by atoms with van der Waals surface area (Å²) in [6, 6.07) is 8.20. The Morgan fingerprint density at radius 2 is 1.96 bits per heavy atom. The fourth-order valence-corrected chi connectivity index (χ4v) is 3.11. The van der Waals surface area contributed by atoms with Gasteiger partial charge in [-0.3, -0.25) is 4.98 Å². The molecule has 3 aromatic rings. The third-order valence-corrected chi connectivity index (χ3v) is 4.62. The van der Waals surface area contributed by atoms with Crippen molar-refractivity contribution in [2.24, 2.45) is 0 Å². The van der Waals surface area contributed by atoms with E-state index < -0.39 is 5.82 Å². The Balaban J connectivity index is 1.43. The van der Waals surface area contributed by atoms with Gasteiger partial charge in [-0.25, -0.2) is 14.4 Å². The molecule has 0 aliphatic heterocycles. The van der Waals surface area contributed by atoms with Gasteiger partial charge in [-0.15, -0.1) is 0 Å². The van der Waals surface area contributed by atoms with Crippen LogP contribution in [0.5, 0.6) is 11.6 Å². The smallest absolute Gasteiger partial charge is 0.235 e. The second-order valence-corrected chi connectivity index (χ2v) is 6.35. The summed E-state index contributed by atoms with van der Waals surface area (Å²) in [5, 5.41) is 8.81. The minimum Gasteiger partial charge on any atom is -0.436 e. The molecule has 0 spiro atoms. The largest absolute Gasteiger partial charge is 0.436 e. The third-order valence-electron chi connectivity index (χ3n) is 4.62. The first-order valence-corrected chi connectivity index (χ1v) is 8.40. The summed E-state index contributed by atoms with van der Waals surface area (Å²) in [5.41, 5.74) is 7.39. The molecule has 1 aliphatic rings. The maximum Gasteiger partial charge on any atom is 0.235 e. The molecule has 0 saturated heterocycles. The highest BCUT2D eigenvalue weighted by Gasteiger charge is 2.33. The van der Waals surface area contributed by atoms with Gasteiger partial charge in [0.15, 0.2) is 11.6 Å². The predicted molar refractivity (Wildman–Crippen MR) is 94.4 cm³/mol. The fourth-order valence-electron chi connectivity index (χ4n) is 3.11. The van der Waals surface area contributed by atoms with E-state index in [1.54, 1.807) is 18.5 Å². The van der Waals surface area contributed by atoms with Crippen LogP contribution in [0.2, 0.25) is 0 Å². The van der Waals surface area contributed by atoms with Crippen LogP contribution in [0.15, 0.2) is 42.9 Å². The third kappa shape index (κ3) is 3.53. The van der Waals surface area contributed by atoms with Gasteiger partial charge in [-0.05, 0) is 36.5 Å². The molecule has 1 fully saturated rings. The number of hydrogen-bond donors (Lipinski definition) is 1. The van der Waals surface area contributed by atoms with Gasteiger partial charge in [-0.1, -0.05) is 6.07 Å². The van der Waals surface area contributed by atoms with Crippen LogP contribution in [0.4, 0.5) is 10.2 Å². The molecular weight excluding hydrogens is 347 g/mol. The first kappa shape index (κ1) is 16.8. The molecule has 8 heteroatoms. The summed E-state index contributed by atoms with van der Waals surface area (Å²) in [5.74, 6) is 0.657. The van der Waals surface area contributed by atoms with Crippen LogP contribution in [0, 0.1) is 17.1 Å². The summed E-state index contributed by atoms with van der Waals surface area (Å²) < 4.78 is 19.9. The number of nitrogen functional groups attached to an aromatic ring is 1. The van der Waals surface area contributed by atoms with E-state index in [9.17, 15) is 4.39 Å². The zero-order valence-electron chi connectivity index (χ0n) is 14.2. The lowest BCUT2D eigenvalue weighted by Crippen LogP contribution is -2.21. The zero-order chi connectivity index (χ0) is 18.8. The number of nitriles is 1. The maximum atomic E-state index is 14.4. The highest BCUT2D eigenvalue weighted by atomic mass is 19.1. The normalized spacial score (nSPS) is 18.4. The molecule has 0 atom stereocenters. The lowest BCUT2D eigenvalue weighted by molar-refractivity contribution is 0.342. The van der Waals surface area contributed by atoms with E-state index in [0.29, 0.717) is 11.7 Å². The van der Waals surface area contributed by atoms with Crippen molar-refractivity contribution in [2.75, 3.05) is 5.73 Å². The van der Waals surface area contributed by atoms with Gasteiger partial charge in [0.25, 0.3) is 0 Å². The first-order valence-electron chi connectivity index (χ1n) is 8.40. The van der Waals surface area contributed by atoms with Gasteiger partial charge < -0.3 is 10.5 Å². The number of rotatable bonds is 4. The molecule has 2 heterocycles. The van der Waals surface area contributed by atoms with Crippen molar-refractivity contribution in [1.82, 2.24) is 19.9 Å². The van der Waals surface area contributed by atoms with Crippen molar-refractivity contribution in [1.29, 1.82) is 5.26 Å². The van der Waals surface area contributed by atoms with E-state index in [-0.39, 0.29) is 23.4 Å². The highest BCUT2D eigenvalue weighted by molar-refractivity contribution is 5.36. The SMILES string of the molecule is N#Cc1nccc(Oc2ccc(C3CC(c4cnc(N)cn4)C3)cc2F)n1. The van der Waals surface area contributed by atoms with Crippen molar-refractivity contribution < 1.29 is 9.13 Å². The fraction of sp³-hybridized carbons (Fsp3) is 0.211. The Hall–Kier alpha value is -3.60. The number of nitrogens with two attached hydrogens (primary N) is 1. The van der Waals surface area contributed by atoms with Crippen LogP contribution >= 0.6 is 0 Å². The van der Waals surface area contributed by atoms with Crippen molar-refractivity contribution in [3.8, 4) is 17.7 Å². The molecule has 7 nitrogen and oxygen atoms in total. The summed E-state index contributed by atoms with van der Waals surface area (Å²) >= 11 is 0. The molecule has 2 N–H and O–H groups in total. The minimum atomic E-state index is -0.472. The number of halogens is 1. The zero-order valence-corrected chi connectivity index (χ0v) is 14.2. The van der Waals surface area contributed by atoms with Crippen molar-refractivity contribution in [3.05, 3.63) is 65.8 Å². The summed E-state index contributed by atoms with van der Waals surface area (Å²) in [6.07, 6.45) is 6.41. The van der Waals surface area contributed by atoms with E-state index >= 15 is 0 Å². The van der Waals surface area contributed by atoms with Crippen molar-refractivity contribution in [3.63, 3.8) is 0 Å². The predicted octanol–water partition coefficient (Wildman–Crippen LogP) is 3.31. The topological polar surface area (TPSA) is 111 Å². The van der Waals surface area contributed by atoms with Crippen molar-refractivity contribution >= 4 is 5.82 Å². The van der Waals surface area contributed by atoms with Gasteiger partial charge >= 0.3 is 0 Å². The standard InChI is InChI=1S/C19H15FN6O/c20-14-7-11(12-5-13(6-12)15-9-25-17(22)10-24-15)1-2-16(14)27-19-3-4-23-18(8-21)26-19/h1-4,7,9-10,12-13H,5-6H2,(H2,22,25). The van der Waals surface area contributed by atoms with Gasteiger partial charge in [0.05, 0.1) is 18.1 Å². The first-order chi connectivity index (χ1) is 13.1. The molecule has 1 saturated carbocycles. The minimum absolute atomic E-state index is 0.0317. The number of benzene rings is 1. The average molecular weight is 362 g/mol. The molecule has 0 bridgehead atoms. The Morgan fingerprint density at radius 3 is 2.67 bits per heavy atom. The van der Waals surface area contributed by atoms with Gasteiger partial charge in [0.1, 0.15) is 11.9 Å². The number of nitrogens with zero attached hydrogens (tertiary/aromatic N) is 5. The molecule has 1 aromatic carbocycles. The summed E-state index contributed by atoms with van der Waals surface area (Å²) in [4.78, 5) is 16.0. The van der Waals surface area contributed by atoms with Crippen LogP contribution in [0.3, 0.4) is 0 Å². The summed E-state index contributed by atoms with van der Waals surface area (Å²) in [7, 11) is 0. The summed E-state index contributed by atoms with van der Waals surface area (Å²) in [6.45, 7) is 0. The number of anilines is 1. The Morgan fingerprint density at radius 1 is 1.11 bits per heavy atom. The molecule has 1 aliphatic carbocycles. The van der Waals surface area contributed by atoms with Crippen LogP contribution in [-0.2, 0) is 0 Å². The lowest BCUT2D eigenvalue weighted by Gasteiger charge is -2.35. The second-order valence-electron chi connectivity index (χ2n) is 6.35. The highest BCUT2D eigenvalue weighted by Crippen LogP contribution is 2.47. The van der Waals surface area contributed by atoms with Crippen LogP contribution in [0.25, 0.3) is 0 Å². The number of hydrogen-bond acceptors (Lipinski definition) is 7.